The molecule has 0 aromatic carbocycles. The van der Waals surface area contributed by atoms with Crippen LogP contribution in [0.2, 0.25) is 0 Å². The highest BCUT2D eigenvalue weighted by atomic mass is 16.1. The van der Waals surface area contributed by atoms with Crippen LogP contribution in [-0.2, 0) is 11.2 Å². The van der Waals surface area contributed by atoms with E-state index in [1.54, 1.807) is 18.6 Å². The maximum Gasteiger partial charge on any atom is 0.139 e. The number of hydrogen-bond acceptors (Lipinski definition) is 3. The van der Waals surface area contributed by atoms with Gasteiger partial charge < -0.3 is 0 Å². The largest absolute Gasteiger partial charge is 0.299 e. The van der Waals surface area contributed by atoms with Crippen molar-refractivity contribution in [1.29, 1.82) is 0 Å². The Bertz CT molecular complexity index is 270. The number of hydrogen-bond donors (Lipinski definition) is 0. The third kappa shape index (κ3) is 3.78. The highest BCUT2D eigenvalue weighted by molar-refractivity contribution is 5.80. The van der Waals surface area contributed by atoms with Crippen LogP contribution in [-0.4, -0.2) is 15.8 Å². The van der Waals surface area contributed by atoms with Crippen molar-refractivity contribution in [1.82, 2.24) is 9.97 Å². The molecule has 0 aliphatic rings. The van der Waals surface area contributed by atoms with E-state index in [0.717, 1.165) is 5.69 Å². The fourth-order valence-electron chi connectivity index (χ4n) is 1.15. The minimum atomic E-state index is 0.232. The lowest BCUT2D eigenvalue weighted by Gasteiger charge is -2.02. The summed E-state index contributed by atoms with van der Waals surface area (Å²) < 4.78 is 0. The first-order valence-corrected chi connectivity index (χ1v) is 4.45. The van der Waals surface area contributed by atoms with E-state index in [-0.39, 0.29) is 5.78 Å². The minimum absolute atomic E-state index is 0.232. The molecule has 0 saturated carbocycles. The summed E-state index contributed by atoms with van der Waals surface area (Å²) in [4.78, 5) is 19.3. The van der Waals surface area contributed by atoms with E-state index in [1.807, 2.05) is 13.8 Å². The predicted octanol–water partition coefficient (Wildman–Crippen LogP) is 1.63. The standard InChI is InChI=1S/C10H14N2O/c1-8(2)5-10(13)6-9-7-11-3-4-12-9/h3-4,7-8H,5-6H2,1-2H3. The molecule has 13 heavy (non-hydrogen) atoms. The second kappa shape index (κ2) is 4.70. The third-order valence-corrected chi connectivity index (χ3v) is 1.63. The van der Waals surface area contributed by atoms with Crippen molar-refractivity contribution >= 4 is 5.78 Å². The zero-order valence-corrected chi connectivity index (χ0v) is 8.03. The number of carbonyl (C=O) groups excluding carboxylic acids is 1. The van der Waals surface area contributed by atoms with Crippen LogP contribution in [0.25, 0.3) is 0 Å². The fourth-order valence-corrected chi connectivity index (χ4v) is 1.15. The summed E-state index contributed by atoms with van der Waals surface area (Å²) in [5, 5.41) is 0. The molecule has 0 radical (unpaired) electrons. The Morgan fingerprint density at radius 3 is 2.77 bits per heavy atom. The molecule has 0 bridgehead atoms. The molecule has 3 heteroatoms. The van der Waals surface area contributed by atoms with Gasteiger partial charge in [0.05, 0.1) is 12.1 Å². The molecule has 3 nitrogen and oxygen atoms in total. The molecule has 0 aliphatic carbocycles. The van der Waals surface area contributed by atoms with Crippen LogP contribution in [0.5, 0.6) is 0 Å². The van der Waals surface area contributed by atoms with E-state index in [2.05, 4.69) is 9.97 Å². The van der Waals surface area contributed by atoms with Gasteiger partial charge >= 0.3 is 0 Å². The Morgan fingerprint density at radius 1 is 1.46 bits per heavy atom. The normalized spacial score (nSPS) is 10.4. The Balaban J connectivity index is 2.46. The first-order valence-electron chi connectivity index (χ1n) is 4.45. The predicted molar refractivity (Wildman–Crippen MR) is 50.2 cm³/mol. The quantitative estimate of drug-likeness (QED) is 0.703. The molecule has 1 rings (SSSR count). The van der Waals surface area contributed by atoms with Crippen LogP contribution in [0.1, 0.15) is 26.0 Å². The molecule has 0 unspecified atom stereocenters. The van der Waals surface area contributed by atoms with Gasteiger partial charge in [0.2, 0.25) is 0 Å². The summed E-state index contributed by atoms with van der Waals surface area (Å²) in [7, 11) is 0. The van der Waals surface area contributed by atoms with Crippen LogP contribution >= 0.6 is 0 Å². The van der Waals surface area contributed by atoms with E-state index >= 15 is 0 Å². The Morgan fingerprint density at radius 2 is 2.23 bits per heavy atom. The van der Waals surface area contributed by atoms with Gasteiger partial charge in [0.1, 0.15) is 5.78 Å². The molecule has 0 fully saturated rings. The van der Waals surface area contributed by atoms with E-state index in [0.29, 0.717) is 18.8 Å². The van der Waals surface area contributed by atoms with Gasteiger partial charge in [0.15, 0.2) is 0 Å². The highest BCUT2D eigenvalue weighted by Gasteiger charge is 2.06. The van der Waals surface area contributed by atoms with Gasteiger partial charge in [0.25, 0.3) is 0 Å². The monoisotopic (exact) mass is 178 g/mol. The molecule has 0 atom stereocenters. The Kier molecular flexibility index (Phi) is 3.55. The van der Waals surface area contributed by atoms with Crippen molar-refractivity contribution in [3.63, 3.8) is 0 Å². The second-order valence-electron chi connectivity index (χ2n) is 3.51. The van der Waals surface area contributed by atoms with Crippen molar-refractivity contribution in [2.75, 3.05) is 0 Å². The maximum atomic E-state index is 11.4. The highest BCUT2D eigenvalue weighted by Crippen LogP contribution is 2.03. The molecule has 1 heterocycles. The van der Waals surface area contributed by atoms with Gasteiger partial charge in [-0.05, 0) is 5.92 Å². The average Bonchev–Trinajstić information content (AvgIpc) is 2.04. The molecule has 70 valence electrons. The second-order valence-corrected chi connectivity index (χ2v) is 3.51. The molecule has 0 spiro atoms. The topological polar surface area (TPSA) is 42.9 Å². The van der Waals surface area contributed by atoms with E-state index in [4.69, 9.17) is 0 Å². The lowest BCUT2D eigenvalue weighted by molar-refractivity contribution is -0.119. The van der Waals surface area contributed by atoms with Crippen LogP contribution < -0.4 is 0 Å². The summed E-state index contributed by atoms with van der Waals surface area (Å²) in [6.45, 7) is 4.07. The van der Waals surface area contributed by atoms with Gasteiger partial charge in [-0.1, -0.05) is 13.8 Å². The molecule has 1 aromatic heterocycles. The SMILES string of the molecule is CC(C)CC(=O)Cc1cnccn1. The summed E-state index contributed by atoms with van der Waals surface area (Å²) in [5.41, 5.74) is 0.758. The van der Waals surface area contributed by atoms with Gasteiger partial charge in [-0.25, -0.2) is 0 Å². The van der Waals surface area contributed by atoms with Gasteiger partial charge in [-0.3, -0.25) is 14.8 Å². The molecule has 0 saturated heterocycles. The Labute approximate surface area is 78.2 Å². The fraction of sp³-hybridized carbons (Fsp3) is 0.500. The third-order valence-electron chi connectivity index (χ3n) is 1.63. The van der Waals surface area contributed by atoms with Crippen LogP contribution in [0.4, 0.5) is 0 Å². The lowest BCUT2D eigenvalue weighted by Crippen LogP contribution is -2.07. The molecular weight excluding hydrogens is 164 g/mol. The maximum absolute atomic E-state index is 11.4. The molecule has 0 N–H and O–H groups in total. The zero-order chi connectivity index (χ0) is 9.68. The van der Waals surface area contributed by atoms with Crippen molar-refractivity contribution in [2.45, 2.75) is 26.7 Å². The number of carbonyl (C=O) groups is 1. The van der Waals surface area contributed by atoms with Gasteiger partial charge in [-0.2, -0.15) is 0 Å². The zero-order valence-electron chi connectivity index (χ0n) is 8.03. The smallest absolute Gasteiger partial charge is 0.139 e. The van der Waals surface area contributed by atoms with E-state index in [9.17, 15) is 4.79 Å². The molecule has 0 aliphatic heterocycles. The van der Waals surface area contributed by atoms with Crippen molar-refractivity contribution in [3.8, 4) is 0 Å². The van der Waals surface area contributed by atoms with Crippen molar-refractivity contribution in [3.05, 3.63) is 24.3 Å². The van der Waals surface area contributed by atoms with Crippen LogP contribution in [0, 0.1) is 5.92 Å². The lowest BCUT2D eigenvalue weighted by atomic mass is 10.0. The summed E-state index contributed by atoms with van der Waals surface area (Å²) in [5.74, 6) is 0.652. The van der Waals surface area contributed by atoms with Crippen LogP contribution in [0.15, 0.2) is 18.6 Å². The first-order chi connectivity index (χ1) is 6.18. The summed E-state index contributed by atoms with van der Waals surface area (Å²) >= 11 is 0. The van der Waals surface area contributed by atoms with Gasteiger partial charge in [0, 0.05) is 25.0 Å². The van der Waals surface area contributed by atoms with Crippen molar-refractivity contribution in [2.24, 2.45) is 5.92 Å². The first kappa shape index (κ1) is 9.84. The number of nitrogens with zero attached hydrogens (tertiary/aromatic N) is 2. The number of ketones is 1. The van der Waals surface area contributed by atoms with Crippen LogP contribution in [0.3, 0.4) is 0 Å². The van der Waals surface area contributed by atoms with Crippen molar-refractivity contribution < 1.29 is 4.79 Å². The van der Waals surface area contributed by atoms with E-state index in [1.165, 1.54) is 0 Å². The molecule has 0 amide bonds. The average molecular weight is 178 g/mol. The van der Waals surface area contributed by atoms with E-state index < -0.39 is 0 Å². The summed E-state index contributed by atoms with van der Waals surface area (Å²) in [6.07, 6.45) is 5.88. The Hall–Kier alpha value is -1.25. The minimum Gasteiger partial charge on any atom is -0.299 e. The molecule has 1 aromatic rings. The molecular formula is C10H14N2O. The number of rotatable bonds is 4. The number of aromatic nitrogens is 2. The van der Waals surface area contributed by atoms with Gasteiger partial charge in [-0.15, -0.1) is 0 Å². The number of Topliss-reactive ketones (excluding diaryl/α,β-unsaturated/α-hetero) is 1. The summed E-state index contributed by atoms with van der Waals surface area (Å²) in [6, 6.07) is 0.